The van der Waals surface area contributed by atoms with Crippen LogP contribution in [0.25, 0.3) is 0 Å². The Bertz CT molecular complexity index is 1100. The van der Waals surface area contributed by atoms with E-state index in [2.05, 4.69) is 22.9 Å². The predicted molar refractivity (Wildman–Crippen MR) is 117 cm³/mol. The quantitative estimate of drug-likeness (QED) is 0.483. The number of benzene rings is 2. The van der Waals surface area contributed by atoms with Crippen LogP contribution in [0.5, 0.6) is 0 Å². The molecule has 7 heteroatoms. The number of rotatable bonds is 4. The lowest BCUT2D eigenvalue weighted by atomic mass is 10.0. The molecule has 0 saturated carbocycles. The van der Waals surface area contributed by atoms with E-state index in [1.807, 2.05) is 52.1 Å². The van der Waals surface area contributed by atoms with E-state index in [0.29, 0.717) is 19.6 Å². The Morgan fingerprint density at radius 2 is 2.00 bits per heavy atom. The van der Waals surface area contributed by atoms with Crippen LogP contribution in [0.1, 0.15) is 16.7 Å². The third-order valence-electron chi connectivity index (χ3n) is 5.04. The zero-order valence-electron chi connectivity index (χ0n) is 16.9. The van der Waals surface area contributed by atoms with Gasteiger partial charge in [-0.3, -0.25) is 4.90 Å². The van der Waals surface area contributed by atoms with Gasteiger partial charge in [-0.2, -0.15) is 0 Å². The highest BCUT2D eigenvalue weighted by atomic mass is 32.2. The van der Waals surface area contributed by atoms with Crippen molar-refractivity contribution in [2.75, 3.05) is 18.2 Å². The molecule has 1 unspecified atom stereocenters. The van der Waals surface area contributed by atoms with Crippen LogP contribution < -0.4 is 4.90 Å². The summed E-state index contributed by atoms with van der Waals surface area (Å²) in [4.78, 5) is 21.1. The van der Waals surface area contributed by atoms with Crippen molar-refractivity contribution in [1.29, 1.82) is 0 Å². The first kappa shape index (κ1) is 20.1. The molecule has 30 heavy (non-hydrogen) atoms. The van der Waals surface area contributed by atoms with E-state index >= 15 is 0 Å². The third-order valence-corrected chi connectivity index (χ3v) is 5.98. The zero-order valence-corrected chi connectivity index (χ0v) is 17.7. The number of amides is 2. The van der Waals surface area contributed by atoms with Gasteiger partial charge < -0.3 is 14.0 Å². The van der Waals surface area contributed by atoms with Crippen LogP contribution in [-0.4, -0.2) is 38.3 Å². The lowest BCUT2D eigenvalue weighted by molar-refractivity contribution is 0.197. The number of carbonyl (C=O) groups excluding carboxylic acids is 1. The maximum absolute atomic E-state index is 12.8. The van der Waals surface area contributed by atoms with Gasteiger partial charge in [0.1, 0.15) is 6.26 Å². The topological polar surface area (TPSA) is 64.4 Å². The van der Waals surface area contributed by atoms with Crippen LogP contribution >= 0.6 is 0 Å². The molecule has 4 rings (SSSR count). The van der Waals surface area contributed by atoms with E-state index in [9.17, 15) is 9.35 Å². The average Bonchev–Trinajstić information content (AvgIpc) is 3.25. The van der Waals surface area contributed by atoms with Gasteiger partial charge in [-0.25, -0.2) is 9.78 Å². The highest BCUT2D eigenvalue weighted by Crippen LogP contribution is 2.29. The van der Waals surface area contributed by atoms with E-state index in [1.165, 1.54) is 0 Å². The van der Waals surface area contributed by atoms with Crippen molar-refractivity contribution in [1.82, 2.24) is 14.5 Å². The summed E-state index contributed by atoms with van der Waals surface area (Å²) in [5.41, 5.74) is 3.91. The smallest absolute Gasteiger partial charge is 0.324 e. The largest absolute Gasteiger partial charge is 0.612 e. The minimum Gasteiger partial charge on any atom is -0.612 e. The molecule has 0 N–H and O–H groups in total. The minimum absolute atomic E-state index is 0.0374. The predicted octanol–water partition coefficient (Wildman–Crippen LogP) is 3.24. The minimum atomic E-state index is -1.01. The number of hydrogen-bond donors (Lipinski definition) is 0. The molecule has 2 heterocycles. The zero-order chi connectivity index (χ0) is 21.1. The molecule has 3 aromatic rings. The molecular weight excluding hydrogens is 396 g/mol. The Balaban J connectivity index is 1.51. The van der Waals surface area contributed by atoms with Gasteiger partial charge in [0, 0.05) is 38.1 Å². The molecule has 1 aliphatic rings. The Morgan fingerprint density at radius 3 is 2.70 bits per heavy atom. The van der Waals surface area contributed by atoms with Gasteiger partial charge in [0.15, 0.2) is 4.90 Å². The standard InChI is InChI=1S/C23H22N4O2S/c1-25-22-10-7-18(4-3-12-26-13-11-24-17-26)14-20(22)16-27(23(25)28)15-19-5-8-21(9-6-19)30(2)29/h5-11,13-14,17H,12,15-16H2,1-2H3. The molecule has 0 bridgehead atoms. The molecule has 0 aliphatic carbocycles. The second kappa shape index (κ2) is 8.66. The van der Waals surface area contributed by atoms with Crippen LogP contribution in [0, 0.1) is 11.8 Å². The van der Waals surface area contributed by atoms with E-state index in [0.717, 1.165) is 27.3 Å². The number of anilines is 1. The fraction of sp³-hybridized carbons (Fsp3) is 0.217. The SMILES string of the molecule is CN1C(=O)N(Cc2ccc([S+](C)[O-])cc2)Cc2cc(C#CCn3ccnc3)ccc21. The van der Waals surface area contributed by atoms with E-state index in [-0.39, 0.29) is 6.03 Å². The number of hydrogen-bond acceptors (Lipinski definition) is 3. The molecule has 2 aromatic carbocycles. The summed E-state index contributed by atoms with van der Waals surface area (Å²) in [6.45, 7) is 1.60. The summed E-state index contributed by atoms with van der Waals surface area (Å²) in [5, 5.41) is 0. The summed E-state index contributed by atoms with van der Waals surface area (Å²) in [5.74, 6) is 6.34. The van der Waals surface area contributed by atoms with E-state index < -0.39 is 11.2 Å². The molecule has 6 nitrogen and oxygen atoms in total. The summed E-state index contributed by atoms with van der Waals surface area (Å²) in [6.07, 6.45) is 7.01. The molecule has 0 saturated heterocycles. The Labute approximate surface area is 179 Å². The summed E-state index contributed by atoms with van der Waals surface area (Å²) < 4.78 is 13.5. The maximum atomic E-state index is 12.8. The second-order valence-corrected chi connectivity index (χ2v) is 8.56. The van der Waals surface area contributed by atoms with Crippen molar-refractivity contribution >= 4 is 22.9 Å². The van der Waals surface area contributed by atoms with Gasteiger partial charge >= 0.3 is 6.03 Å². The lowest BCUT2D eigenvalue weighted by Gasteiger charge is -2.35. The van der Waals surface area contributed by atoms with Gasteiger partial charge in [-0.15, -0.1) is 0 Å². The Morgan fingerprint density at radius 1 is 1.20 bits per heavy atom. The number of imidazole rings is 1. The van der Waals surface area contributed by atoms with Crippen molar-refractivity contribution in [2.45, 2.75) is 24.5 Å². The van der Waals surface area contributed by atoms with Crippen molar-refractivity contribution in [3.63, 3.8) is 0 Å². The fourth-order valence-corrected chi connectivity index (χ4v) is 3.97. The Hall–Kier alpha value is -3.21. The van der Waals surface area contributed by atoms with Gasteiger partial charge in [0.05, 0.1) is 18.6 Å². The van der Waals surface area contributed by atoms with Crippen LogP contribution in [0.15, 0.2) is 66.1 Å². The maximum Gasteiger partial charge on any atom is 0.324 e. The van der Waals surface area contributed by atoms with Crippen LogP contribution in [0.2, 0.25) is 0 Å². The van der Waals surface area contributed by atoms with Crippen molar-refractivity contribution in [2.24, 2.45) is 0 Å². The first-order valence-corrected chi connectivity index (χ1v) is 11.1. The molecule has 1 aromatic heterocycles. The molecule has 0 fully saturated rings. The van der Waals surface area contributed by atoms with E-state index in [1.54, 1.807) is 30.7 Å². The van der Waals surface area contributed by atoms with Crippen molar-refractivity contribution in [3.8, 4) is 11.8 Å². The Kier molecular flexibility index (Phi) is 5.79. The van der Waals surface area contributed by atoms with Gasteiger partial charge in [0.2, 0.25) is 0 Å². The van der Waals surface area contributed by atoms with Gasteiger partial charge in [-0.05, 0) is 52.6 Å². The van der Waals surface area contributed by atoms with Crippen LogP contribution in [0.4, 0.5) is 10.5 Å². The molecule has 152 valence electrons. The second-order valence-electron chi connectivity index (χ2n) is 7.18. The molecule has 0 spiro atoms. The number of carbonyl (C=O) groups is 1. The monoisotopic (exact) mass is 418 g/mol. The van der Waals surface area contributed by atoms with Crippen molar-refractivity contribution < 1.29 is 9.35 Å². The summed E-state index contributed by atoms with van der Waals surface area (Å²) in [6, 6.07) is 13.5. The molecule has 0 radical (unpaired) electrons. The fourth-order valence-electron chi connectivity index (χ4n) is 3.45. The van der Waals surface area contributed by atoms with Crippen LogP contribution in [-0.2, 0) is 30.8 Å². The summed E-state index contributed by atoms with van der Waals surface area (Å²) >= 11 is -1.01. The number of fused-ring (bicyclic) bond motifs is 1. The van der Waals surface area contributed by atoms with Crippen LogP contribution in [0.3, 0.4) is 0 Å². The van der Waals surface area contributed by atoms with E-state index in [4.69, 9.17) is 0 Å². The lowest BCUT2D eigenvalue weighted by Crippen LogP contribution is -2.44. The number of nitrogens with zero attached hydrogens (tertiary/aromatic N) is 4. The normalized spacial score (nSPS) is 14.2. The molecule has 2 amide bonds. The number of urea groups is 1. The highest BCUT2D eigenvalue weighted by Gasteiger charge is 2.27. The molecular formula is C23H22N4O2S. The number of aromatic nitrogens is 2. The first-order valence-electron chi connectivity index (χ1n) is 9.54. The highest BCUT2D eigenvalue weighted by molar-refractivity contribution is 7.90. The van der Waals surface area contributed by atoms with Crippen molar-refractivity contribution in [3.05, 3.63) is 77.9 Å². The molecule has 1 atom stereocenters. The first-order chi connectivity index (χ1) is 14.5. The summed E-state index contributed by atoms with van der Waals surface area (Å²) in [7, 11) is 1.79. The third kappa shape index (κ3) is 4.35. The molecule has 1 aliphatic heterocycles. The average molecular weight is 419 g/mol. The van der Waals surface area contributed by atoms with Gasteiger partial charge in [0.25, 0.3) is 0 Å². The van der Waals surface area contributed by atoms with Gasteiger partial charge in [-0.1, -0.05) is 24.0 Å².